The molecule has 0 aliphatic carbocycles. The third kappa shape index (κ3) is 4.75. The van der Waals surface area contributed by atoms with E-state index in [1.807, 2.05) is 0 Å². The largest absolute Gasteiger partial charge is 0.417 e. The van der Waals surface area contributed by atoms with E-state index in [1.165, 1.54) is 44.3 Å². The van der Waals surface area contributed by atoms with Gasteiger partial charge >= 0.3 is 12.4 Å². The second kappa shape index (κ2) is 10.2. The van der Waals surface area contributed by atoms with E-state index in [9.17, 15) is 50.3 Å². The molecule has 0 saturated carbocycles. The average Bonchev–Trinajstić information content (AvgIpc) is 3.38. The Morgan fingerprint density at radius 3 is 1.54 bits per heavy atom. The Labute approximate surface area is 255 Å². The van der Waals surface area contributed by atoms with Crippen LogP contribution in [0.5, 0.6) is 0 Å². The number of amides is 4. The SMILES string of the molecule is Cc1ccc(-c2ccc(N3C(=O)c4ccc(C(=O)c5ccc6c(c5)C(=O)N(C)C6=O)cc4C3=O)cc2C(F)(F)F)c(C(F)(F)F)c1. The lowest BCUT2D eigenvalue weighted by molar-refractivity contribution is -0.139. The van der Waals surface area contributed by atoms with Crippen LogP contribution < -0.4 is 4.90 Å². The van der Waals surface area contributed by atoms with Gasteiger partial charge in [0.1, 0.15) is 0 Å². The molecule has 4 aromatic rings. The third-order valence-corrected chi connectivity index (χ3v) is 7.84. The summed E-state index contributed by atoms with van der Waals surface area (Å²) in [5.41, 5.74) is -5.14. The van der Waals surface area contributed by atoms with Crippen molar-refractivity contribution in [3.63, 3.8) is 0 Å². The second-order valence-corrected chi connectivity index (χ2v) is 10.7. The number of alkyl halides is 6. The van der Waals surface area contributed by atoms with Crippen LogP contribution in [0.1, 0.15) is 74.0 Å². The first kappa shape index (κ1) is 30.4. The van der Waals surface area contributed by atoms with Crippen LogP contribution in [0.3, 0.4) is 0 Å². The van der Waals surface area contributed by atoms with Gasteiger partial charge in [-0.25, -0.2) is 4.90 Å². The minimum Gasteiger partial charge on any atom is -0.289 e. The predicted octanol–water partition coefficient (Wildman–Crippen LogP) is 6.96. The number of carbonyl (C=O) groups is 5. The zero-order valence-corrected chi connectivity index (χ0v) is 23.6. The van der Waals surface area contributed by atoms with Crippen LogP contribution in [0.4, 0.5) is 32.0 Å². The fraction of sp³-hybridized carbons (Fsp3) is 0.121. The maximum Gasteiger partial charge on any atom is 0.417 e. The molecule has 0 bridgehead atoms. The molecule has 0 fully saturated rings. The first-order valence-electron chi connectivity index (χ1n) is 13.4. The monoisotopic (exact) mass is 636 g/mol. The molecule has 2 aliphatic heterocycles. The second-order valence-electron chi connectivity index (χ2n) is 10.7. The molecule has 0 spiro atoms. The van der Waals surface area contributed by atoms with Gasteiger partial charge in [-0.1, -0.05) is 35.9 Å². The summed E-state index contributed by atoms with van der Waals surface area (Å²) in [4.78, 5) is 65.8. The van der Waals surface area contributed by atoms with Crippen molar-refractivity contribution >= 4 is 35.1 Å². The minimum atomic E-state index is -5.17. The molecule has 0 aromatic heterocycles. The Morgan fingerprint density at radius 1 is 0.543 bits per heavy atom. The normalized spacial score (nSPS) is 14.7. The van der Waals surface area contributed by atoms with Gasteiger partial charge in [0.05, 0.1) is 39.1 Å². The van der Waals surface area contributed by atoms with E-state index in [-0.39, 0.29) is 38.9 Å². The van der Waals surface area contributed by atoms with Crippen LogP contribution in [0.15, 0.2) is 72.8 Å². The van der Waals surface area contributed by atoms with Gasteiger partial charge in [-0.15, -0.1) is 0 Å². The van der Waals surface area contributed by atoms with Crippen LogP contribution >= 0.6 is 0 Å². The molecule has 2 heterocycles. The van der Waals surface area contributed by atoms with E-state index >= 15 is 0 Å². The number of anilines is 1. The molecule has 0 atom stereocenters. The average molecular weight is 637 g/mol. The third-order valence-electron chi connectivity index (χ3n) is 7.84. The number of ketones is 1. The summed E-state index contributed by atoms with van der Waals surface area (Å²) in [5.74, 6) is -3.88. The molecule has 2 aliphatic rings. The van der Waals surface area contributed by atoms with Gasteiger partial charge in [0.2, 0.25) is 0 Å². The van der Waals surface area contributed by atoms with Gasteiger partial charge in [0, 0.05) is 18.2 Å². The lowest BCUT2D eigenvalue weighted by atomic mass is 9.93. The molecular formula is C33H18F6N2O5. The van der Waals surface area contributed by atoms with Crippen LogP contribution in [0.25, 0.3) is 11.1 Å². The van der Waals surface area contributed by atoms with Crippen molar-refractivity contribution in [3.05, 3.63) is 123 Å². The molecule has 0 saturated heterocycles. The van der Waals surface area contributed by atoms with E-state index in [0.717, 1.165) is 41.3 Å². The fourth-order valence-electron chi connectivity index (χ4n) is 5.55. The highest BCUT2D eigenvalue weighted by Gasteiger charge is 2.42. The summed E-state index contributed by atoms with van der Waals surface area (Å²) in [7, 11) is 1.29. The van der Waals surface area contributed by atoms with Crippen molar-refractivity contribution in [2.24, 2.45) is 0 Å². The maximum absolute atomic E-state index is 14.3. The van der Waals surface area contributed by atoms with Gasteiger partial charge in [0.15, 0.2) is 5.78 Å². The molecule has 0 N–H and O–H groups in total. The maximum atomic E-state index is 14.3. The quantitative estimate of drug-likeness (QED) is 0.137. The summed E-state index contributed by atoms with van der Waals surface area (Å²) in [6, 6.07) is 12.4. The van der Waals surface area contributed by atoms with Crippen molar-refractivity contribution in [1.82, 2.24) is 4.90 Å². The topological polar surface area (TPSA) is 91.8 Å². The first-order valence-corrected chi connectivity index (χ1v) is 13.4. The number of aryl methyl sites for hydroxylation is 1. The highest BCUT2D eigenvalue weighted by molar-refractivity contribution is 6.35. The molecule has 232 valence electrons. The number of benzene rings is 4. The highest BCUT2D eigenvalue weighted by atomic mass is 19.4. The summed E-state index contributed by atoms with van der Waals surface area (Å²) >= 11 is 0. The number of halogens is 6. The molecular weight excluding hydrogens is 618 g/mol. The highest BCUT2D eigenvalue weighted by Crippen LogP contribution is 2.45. The van der Waals surface area contributed by atoms with Crippen molar-refractivity contribution in [2.75, 3.05) is 11.9 Å². The van der Waals surface area contributed by atoms with Crippen LogP contribution in [-0.4, -0.2) is 41.4 Å². The predicted molar refractivity (Wildman–Crippen MR) is 150 cm³/mol. The zero-order chi connectivity index (χ0) is 33.5. The Bertz CT molecular complexity index is 2060. The van der Waals surface area contributed by atoms with E-state index < -0.39 is 69.7 Å². The number of hydrogen-bond acceptors (Lipinski definition) is 5. The Kier molecular flexibility index (Phi) is 6.77. The summed E-state index contributed by atoms with van der Waals surface area (Å²) in [6.07, 6.45) is -10.1. The molecule has 7 nitrogen and oxygen atoms in total. The molecule has 0 unspecified atom stereocenters. The van der Waals surface area contributed by atoms with E-state index in [0.29, 0.717) is 11.0 Å². The number of rotatable bonds is 4. The number of fused-ring (bicyclic) bond motifs is 2. The zero-order valence-electron chi connectivity index (χ0n) is 23.6. The lowest BCUT2D eigenvalue weighted by Gasteiger charge is -2.21. The van der Waals surface area contributed by atoms with Crippen LogP contribution in [-0.2, 0) is 12.4 Å². The van der Waals surface area contributed by atoms with Crippen LogP contribution in [0.2, 0.25) is 0 Å². The van der Waals surface area contributed by atoms with Gasteiger partial charge < -0.3 is 0 Å². The van der Waals surface area contributed by atoms with E-state index in [4.69, 9.17) is 0 Å². The van der Waals surface area contributed by atoms with Crippen molar-refractivity contribution in [3.8, 4) is 11.1 Å². The molecule has 4 amide bonds. The number of hydrogen-bond donors (Lipinski definition) is 0. The standard InChI is InChI=1S/C33H18F6N2O5/c1-15-3-7-19(25(11-15)32(34,35)36)20-10-6-18(14-26(20)33(37,38)39)41-30(45)22-9-5-17(13-24(22)31(41)46)27(42)16-4-8-21-23(12-16)29(44)40(2)28(21)43/h3-14H,1-2H3. The molecule has 0 radical (unpaired) electrons. The molecule has 6 rings (SSSR count). The molecule has 13 heteroatoms. The van der Waals surface area contributed by atoms with Crippen LogP contribution in [0, 0.1) is 6.92 Å². The Morgan fingerprint density at radius 2 is 0.978 bits per heavy atom. The number of carbonyl (C=O) groups excluding carboxylic acids is 5. The smallest absolute Gasteiger partial charge is 0.289 e. The minimum absolute atomic E-state index is 0.00326. The molecule has 4 aromatic carbocycles. The fourth-order valence-corrected chi connectivity index (χ4v) is 5.55. The van der Waals surface area contributed by atoms with E-state index in [1.54, 1.807) is 0 Å². The summed E-state index contributed by atoms with van der Waals surface area (Å²) in [5, 5.41) is 0. The first-order chi connectivity index (χ1) is 21.5. The summed E-state index contributed by atoms with van der Waals surface area (Å²) < 4.78 is 84.2. The summed E-state index contributed by atoms with van der Waals surface area (Å²) in [6.45, 7) is 1.36. The van der Waals surface area contributed by atoms with Gasteiger partial charge in [-0.2, -0.15) is 26.3 Å². The Balaban J connectivity index is 1.37. The van der Waals surface area contributed by atoms with Crippen molar-refractivity contribution in [2.45, 2.75) is 19.3 Å². The van der Waals surface area contributed by atoms with Crippen molar-refractivity contribution < 1.29 is 50.3 Å². The van der Waals surface area contributed by atoms with Gasteiger partial charge in [-0.3, -0.25) is 28.9 Å². The van der Waals surface area contributed by atoms with Crippen molar-refractivity contribution in [1.29, 1.82) is 0 Å². The number of imide groups is 2. The molecule has 46 heavy (non-hydrogen) atoms. The van der Waals surface area contributed by atoms with Gasteiger partial charge in [0.25, 0.3) is 23.6 Å². The Hall–Kier alpha value is -5.59. The lowest BCUT2D eigenvalue weighted by Crippen LogP contribution is -2.29. The van der Waals surface area contributed by atoms with E-state index in [2.05, 4.69) is 0 Å². The van der Waals surface area contributed by atoms with Gasteiger partial charge in [-0.05, 0) is 60.5 Å². The number of nitrogens with zero attached hydrogens (tertiary/aromatic N) is 2.